The zero-order valence-corrected chi connectivity index (χ0v) is 14.7. The van der Waals surface area contributed by atoms with E-state index in [1.165, 1.54) is 0 Å². The van der Waals surface area contributed by atoms with E-state index in [-0.39, 0.29) is 12.5 Å². The number of para-hydroxylation sites is 1. The van der Waals surface area contributed by atoms with Gasteiger partial charge in [-0.25, -0.2) is 9.59 Å². The molecule has 2 aromatic rings. The van der Waals surface area contributed by atoms with Crippen LogP contribution in [0.1, 0.15) is 25.0 Å². The molecule has 6 nitrogen and oxygen atoms in total. The molecule has 6 heteroatoms. The Kier molecular flexibility index (Phi) is 6.75. The van der Waals surface area contributed by atoms with Gasteiger partial charge in [-0.3, -0.25) is 0 Å². The molecule has 0 fully saturated rings. The molecule has 0 radical (unpaired) electrons. The van der Waals surface area contributed by atoms with Crippen molar-refractivity contribution >= 4 is 17.7 Å². The summed E-state index contributed by atoms with van der Waals surface area (Å²) in [4.78, 5) is 24.5. The Hall–Kier alpha value is -3.33. The van der Waals surface area contributed by atoms with Gasteiger partial charge in [-0.1, -0.05) is 44.2 Å². The van der Waals surface area contributed by atoms with Crippen molar-refractivity contribution in [3.05, 3.63) is 65.7 Å². The number of urea groups is 1. The van der Waals surface area contributed by atoms with Crippen molar-refractivity contribution in [1.82, 2.24) is 5.32 Å². The number of nitrogens with one attached hydrogen (secondary N) is 2. The molecule has 0 heterocycles. The molecule has 1 atom stereocenters. The Balaban J connectivity index is 1.94. The van der Waals surface area contributed by atoms with Crippen LogP contribution in [-0.4, -0.2) is 18.0 Å². The molecule has 0 unspecified atom stereocenters. The number of benzene rings is 2. The summed E-state index contributed by atoms with van der Waals surface area (Å²) in [7, 11) is 0. The fraction of sp³-hybridized carbons (Fsp3) is 0.250. The number of rotatable bonds is 6. The second kappa shape index (κ2) is 9.23. The van der Waals surface area contributed by atoms with Crippen LogP contribution >= 0.6 is 0 Å². The SMILES string of the molecule is CC(C)[C@@H](NC(=O)Nc1ccccc1)C(=O)OCc1cccc(C#N)c1. The van der Waals surface area contributed by atoms with E-state index in [1.54, 1.807) is 48.5 Å². The van der Waals surface area contributed by atoms with Gasteiger partial charge in [0.1, 0.15) is 12.6 Å². The van der Waals surface area contributed by atoms with Crippen molar-refractivity contribution < 1.29 is 14.3 Å². The molecule has 0 saturated heterocycles. The van der Waals surface area contributed by atoms with Gasteiger partial charge in [-0.05, 0) is 35.7 Å². The lowest BCUT2D eigenvalue weighted by Crippen LogP contribution is -2.47. The number of anilines is 1. The highest BCUT2D eigenvalue weighted by atomic mass is 16.5. The van der Waals surface area contributed by atoms with E-state index in [0.29, 0.717) is 16.8 Å². The van der Waals surface area contributed by atoms with Crippen LogP contribution in [0.2, 0.25) is 0 Å². The monoisotopic (exact) mass is 351 g/mol. The lowest BCUT2D eigenvalue weighted by atomic mass is 10.1. The predicted molar refractivity (Wildman–Crippen MR) is 98.2 cm³/mol. The van der Waals surface area contributed by atoms with E-state index < -0.39 is 18.0 Å². The van der Waals surface area contributed by atoms with Crippen LogP contribution in [-0.2, 0) is 16.1 Å². The Morgan fingerprint density at radius 1 is 1.12 bits per heavy atom. The Morgan fingerprint density at radius 3 is 2.50 bits per heavy atom. The number of nitrogens with zero attached hydrogens (tertiary/aromatic N) is 1. The van der Waals surface area contributed by atoms with Crippen molar-refractivity contribution in [3.63, 3.8) is 0 Å². The molecule has 2 aromatic carbocycles. The number of hydrogen-bond acceptors (Lipinski definition) is 4. The van der Waals surface area contributed by atoms with Crippen LogP contribution in [0.3, 0.4) is 0 Å². The van der Waals surface area contributed by atoms with Gasteiger partial charge in [0.2, 0.25) is 0 Å². The second-order valence-electron chi connectivity index (χ2n) is 6.11. The highest BCUT2D eigenvalue weighted by molar-refractivity contribution is 5.92. The first-order chi connectivity index (χ1) is 12.5. The summed E-state index contributed by atoms with van der Waals surface area (Å²) in [5.74, 6) is -0.667. The Morgan fingerprint density at radius 2 is 1.85 bits per heavy atom. The molecule has 0 spiro atoms. The second-order valence-corrected chi connectivity index (χ2v) is 6.11. The first-order valence-corrected chi connectivity index (χ1v) is 8.28. The summed E-state index contributed by atoms with van der Waals surface area (Å²) in [5.41, 5.74) is 1.85. The fourth-order valence-corrected chi connectivity index (χ4v) is 2.30. The van der Waals surface area contributed by atoms with E-state index in [2.05, 4.69) is 10.6 Å². The van der Waals surface area contributed by atoms with Crippen LogP contribution < -0.4 is 10.6 Å². The number of ether oxygens (including phenoxy) is 1. The lowest BCUT2D eigenvalue weighted by Gasteiger charge is -2.21. The topological polar surface area (TPSA) is 91.2 Å². The molecule has 26 heavy (non-hydrogen) atoms. The summed E-state index contributed by atoms with van der Waals surface area (Å²) in [6.45, 7) is 3.69. The minimum absolute atomic E-state index is 0.0412. The van der Waals surface area contributed by atoms with Crippen molar-refractivity contribution in [2.24, 2.45) is 5.92 Å². The number of nitriles is 1. The highest BCUT2D eigenvalue weighted by Gasteiger charge is 2.25. The van der Waals surface area contributed by atoms with Crippen LogP contribution in [0, 0.1) is 17.2 Å². The van der Waals surface area contributed by atoms with Crippen LogP contribution in [0.15, 0.2) is 54.6 Å². The summed E-state index contributed by atoms with van der Waals surface area (Å²) in [6.07, 6.45) is 0. The lowest BCUT2D eigenvalue weighted by molar-refractivity contribution is -0.148. The third kappa shape index (κ3) is 5.64. The number of amides is 2. The average molecular weight is 351 g/mol. The molecule has 134 valence electrons. The number of carbonyl (C=O) groups excluding carboxylic acids is 2. The number of esters is 1. The molecule has 0 aliphatic rings. The smallest absolute Gasteiger partial charge is 0.329 e. The zero-order chi connectivity index (χ0) is 18.9. The highest BCUT2D eigenvalue weighted by Crippen LogP contribution is 2.10. The van der Waals surface area contributed by atoms with Crippen LogP contribution in [0.25, 0.3) is 0 Å². The third-order valence-electron chi connectivity index (χ3n) is 3.68. The van der Waals surface area contributed by atoms with Gasteiger partial charge in [0.25, 0.3) is 0 Å². The first-order valence-electron chi connectivity index (χ1n) is 8.28. The molecular weight excluding hydrogens is 330 g/mol. The first kappa shape index (κ1) is 19.0. The Labute approximate surface area is 152 Å². The quantitative estimate of drug-likeness (QED) is 0.780. The van der Waals surface area contributed by atoms with Crippen molar-refractivity contribution in [1.29, 1.82) is 5.26 Å². The molecule has 0 aliphatic carbocycles. The van der Waals surface area contributed by atoms with Crippen molar-refractivity contribution in [3.8, 4) is 6.07 Å². The molecule has 2 amide bonds. The van der Waals surface area contributed by atoms with E-state index in [9.17, 15) is 9.59 Å². The minimum atomic E-state index is -0.780. The van der Waals surface area contributed by atoms with Gasteiger partial charge < -0.3 is 15.4 Å². The standard InChI is InChI=1S/C20H21N3O3/c1-14(2)18(23-20(25)22-17-9-4-3-5-10-17)19(24)26-13-16-8-6-7-15(11-16)12-21/h3-11,14,18H,13H2,1-2H3,(H2,22,23,25)/t18-/m1/s1. The van der Waals surface area contributed by atoms with Crippen molar-refractivity contribution in [2.45, 2.75) is 26.5 Å². The molecule has 0 bridgehead atoms. The van der Waals surface area contributed by atoms with Crippen LogP contribution in [0.4, 0.5) is 10.5 Å². The number of hydrogen-bond donors (Lipinski definition) is 2. The summed E-state index contributed by atoms with van der Waals surface area (Å²) < 4.78 is 5.31. The normalized spacial score (nSPS) is 11.3. The summed E-state index contributed by atoms with van der Waals surface area (Å²) >= 11 is 0. The van der Waals surface area contributed by atoms with E-state index in [4.69, 9.17) is 10.00 Å². The Bertz CT molecular complexity index is 797. The van der Waals surface area contributed by atoms with Gasteiger partial charge >= 0.3 is 12.0 Å². The van der Waals surface area contributed by atoms with Gasteiger partial charge in [-0.2, -0.15) is 5.26 Å². The van der Waals surface area contributed by atoms with E-state index in [0.717, 1.165) is 0 Å². The molecule has 0 aliphatic heterocycles. The van der Waals surface area contributed by atoms with Gasteiger partial charge in [0.15, 0.2) is 0 Å². The average Bonchev–Trinajstić information content (AvgIpc) is 2.65. The number of carbonyl (C=O) groups is 2. The maximum atomic E-state index is 12.4. The fourth-order valence-electron chi connectivity index (χ4n) is 2.30. The van der Waals surface area contributed by atoms with Crippen molar-refractivity contribution in [2.75, 3.05) is 5.32 Å². The van der Waals surface area contributed by atoms with Gasteiger partial charge in [0.05, 0.1) is 11.6 Å². The maximum Gasteiger partial charge on any atom is 0.329 e. The predicted octanol–water partition coefficient (Wildman–Crippen LogP) is 3.45. The molecule has 2 N–H and O–H groups in total. The van der Waals surface area contributed by atoms with E-state index >= 15 is 0 Å². The maximum absolute atomic E-state index is 12.4. The molecule has 2 rings (SSSR count). The molecular formula is C20H21N3O3. The van der Waals surface area contributed by atoms with Gasteiger partial charge in [0, 0.05) is 5.69 Å². The summed E-state index contributed by atoms with van der Waals surface area (Å²) in [6, 6.07) is 16.6. The molecule has 0 saturated carbocycles. The molecule has 0 aromatic heterocycles. The summed E-state index contributed by atoms with van der Waals surface area (Å²) in [5, 5.41) is 14.2. The zero-order valence-electron chi connectivity index (χ0n) is 14.7. The van der Waals surface area contributed by atoms with E-state index in [1.807, 2.05) is 26.0 Å². The van der Waals surface area contributed by atoms with Gasteiger partial charge in [-0.15, -0.1) is 0 Å². The largest absolute Gasteiger partial charge is 0.459 e. The van der Waals surface area contributed by atoms with Crippen LogP contribution in [0.5, 0.6) is 0 Å². The minimum Gasteiger partial charge on any atom is -0.459 e. The third-order valence-corrected chi connectivity index (χ3v) is 3.68.